The smallest absolute Gasteiger partial charge is 0.343 e. The molecule has 0 N–H and O–H groups in total. The van der Waals surface area contributed by atoms with E-state index in [9.17, 15) is 18.4 Å². The lowest BCUT2D eigenvalue weighted by Gasteiger charge is -2.24. The Hall–Kier alpha value is -2.78. The zero-order valence-corrected chi connectivity index (χ0v) is 18.6. The van der Waals surface area contributed by atoms with Gasteiger partial charge in [-0.05, 0) is 31.4 Å². The van der Waals surface area contributed by atoms with E-state index in [1.54, 1.807) is 0 Å². The summed E-state index contributed by atoms with van der Waals surface area (Å²) >= 11 is 0. The highest BCUT2D eigenvalue weighted by Gasteiger charge is 2.27. The molecule has 0 bridgehead atoms. The second-order valence-electron chi connectivity index (χ2n) is 8.34. The molecule has 1 atom stereocenters. The van der Waals surface area contributed by atoms with Gasteiger partial charge >= 0.3 is 5.97 Å². The van der Waals surface area contributed by atoms with Crippen molar-refractivity contribution in [1.82, 2.24) is 9.47 Å². The molecule has 0 unspecified atom stereocenters. The number of benzene rings is 1. The summed E-state index contributed by atoms with van der Waals surface area (Å²) in [6.45, 7) is 2.07. The molecule has 2 aliphatic rings. The van der Waals surface area contributed by atoms with E-state index in [0.29, 0.717) is 31.8 Å². The van der Waals surface area contributed by atoms with E-state index in [1.807, 2.05) is 4.90 Å². The lowest BCUT2D eigenvalue weighted by molar-refractivity contribution is -0.0114. The van der Waals surface area contributed by atoms with Crippen LogP contribution in [0.3, 0.4) is 0 Å². The first-order valence-corrected chi connectivity index (χ1v) is 11.2. The van der Waals surface area contributed by atoms with Gasteiger partial charge in [-0.2, -0.15) is 0 Å². The zero-order valence-electron chi connectivity index (χ0n) is 18.6. The van der Waals surface area contributed by atoms with Crippen molar-refractivity contribution in [2.24, 2.45) is 0 Å². The third kappa shape index (κ3) is 5.25. The van der Waals surface area contributed by atoms with Crippen LogP contribution in [0.15, 0.2) is 29.1 Å². The first-order chi connectivity index (χ1) is 16.0. The molecule has 0 saturated carbocycles. The fraction of sp³-hybridized carbons (Fsp3) is 0.500. The van der Waals surface area contributed by atoms with Crippen molar-refractivity contribution in [2.75, 3.05) is 33.4 Å². The lowest BCUT2D eigenvalue weighted by atomic mass is 10.1. The van der Waals surface area contributed by atoms with Crippen LogP contribution < -0.4 is 10.3 Å². The van der Waals surface area contributed by atoms with Crippen LogP contribution in [0.25, 0.3) is 0 Å². The van der Waals surface area contributed by atoms with E-state index < -0.39 is 17.6 Å². The van der Waals surface area contributed by atoms with Gasteiger partial charge in [0.05, 0.1) is 13.2 Å². The van der Waals surface area contributed by atoms with Gasteiger partial charge in [-0.3, -0.25) is 9.69 Å². The van der Waals surface area contributed by atoms with Crippen LogP contribution in [0.5, 0.6) is 5.75 Å². The summed E-state index contributed by atoms with van der Waals surface area (Å²) in [4.78, 5) is 27.4. The van der Waals surface area contributed by atoms with Crippen LogP contribution in [0.1, 0.15) is 40.9 Å². The average Bonchev–Trinajstić information content (AvgIpc) is 3.03. The fourth-order valence-corrected chi connectivity index (χ4v) is 4.42. The van der Waals surface area contributed by atoms with Crippen LogP contribution in [0.4, 0.5) is 8.78 Å². The maximum absolute atomic E-state index is 14.1. The van der Waals surface area contributed by atoms with Crippen molar-refractivity contribution in [1.29, 1.82) is 0 Å². The van der Waals surface area contributed by atoms with Gasteiger partial charge in [0.1, 0.15) is 29.6 Å². The third-order valence-corrected chi connectivity index (χ3v) is 6.22. The Kier molecular flexibility index (Phi) is 7.39. The Morgan fingerprint density at radius 3 is 2.67 bits per heavy atom. The predicted molar refractivity (Wildman–Crippen MR) is 116 cm³/mol. The minimum absolute atomic E-state index is 0.0134. The van der Waals surface area contributed by atoms with E-state index in [2.05, 4.69) is 0 Å². The first-order valence-electron chi connectivity index (χ1n) is 11.2. The Bertz CT molecular complexity index is 1050. The van der Waals surface area contributed by atoms with Gasteiger partial charge in [-0.1, -0.05) is 6.07 Å². The first kappa shape index (κ1) is 23.4. The highest BCUT2D eigenvalue weighted by atomic mass is 19.1. The van der Waals surface area contributed by atoms with Crippen molar-refractivity contribution in [3.8, 4) is 5.75 Å². The molecule has 2 aliphatic heterocycles. The molecule has 2 aromatic rings. The van der Waals surface area contributed by atoms with Crippen molar-refractivity contribution in [3.05, 3.63) is 63.1 Å². The molecule has 1 fully saturated rings. The highest BCUT2D eigenvalue weighted by Crippen LogP contribution is 2.26. The van der Waals surface area contributed by atoms with Gasteiger partial charge in [0.25, 0.3) is 5.56 Å². The molecule has 0 spiro atoms. The van der Waals surface area contributed by atoms with Crippen LogP contribution in [0, 0.1) is 11.6 Å². The molecule has 1 aromatic carbocycles. The SMILES string of the molecule is COC(=O)c1c(OC[C@H]2CCCCO2)cc(=O)n2c1CCN(Cc1c(F)cccc1F)CC2. The molecule has 0 aliphatic carbocycles. The van der Waals surface area contributed by atoms with Gasteiger partial charge in [0.15, 0.2) is 0 Å². The number of nitrogens with zero attached hydrogens (tertiary/aromatic N) is 2. The highest BCUT2D eigenvalue weighted by molar-refractivity contribution is 5.93. The Balaban J connectivity index is 1.58. The molecule has 1 aromatic heterocycles. The van der Waals surface area contributed by atoms with Crippen LogP contribution >= 0.6 is 0 Å². The minimum atomic E-state index is -0.607. The lowest BCUT2D eigenvalue weighted by Crippen LogP contribution is -2.30. The maximum atomic E-state index is 14.1. The van der Waals surface area contributed by atoms with Gasteiger partial charge in [-0.15, -0.1) is 0 Å². The summed E-state index contributed by atoms with van der Waals surface area (Å²) < 4.78 is 46.4. The molecule has 178 valence electrons. The molecular formula is C24H28F2N2O5. The summed E-state index contributed by atoms with van der Waals surface area (Å²) in [5, 5.41) is 0. The van der Waals surface area contributed by atoms with E-state index in [-0.39, 0.29) is 48.2 Å². The summed E-state index contributed by atoms with van der Waals surface area (Å²) in [6, 6.07) is 5.09. The Morgan fingerprint density at radius 2 is 1.97 bits per heavy atom. The second-order valence-corrected chi connectivity index (χ2v) is 8.34. The number of pyridine rings is 1. The number of rotatable bonds is 6. The van der Waals surface area contributed by atoms with Gasteiger partial charge in [-0.25, -0.2) is 13.6 Å². The van der Waals surface area contributed by atoms with Gasteiger partial charge < -0.3 is 18.8 Å². The quantitative estimate of drug-likeness (QED) is 0.615. The van der Waals surface area contributed by atoms with E-state index >= 15 is 0 Å². The second kappa shape index (κ2) is 10.4. The summed E-state index contributed by atoms with van der Waals surface area (Å²) in [6.07, 6.45) is 3.16. The normalized spacial score (nSPS) is 18.9. The minimum Gasteiger partial charge on any atom is -0.490 e. The molecule has 7 nitrogen and oxygen atoms in total. The average molecular weight is 462 g/mol. The van der Waals surface area contributed by atoms with Crippen molar-refractivity contribution in [3.63, 3.8) is 0 Å². The number of carbonyl (C=O) groups is 1. The van der Waals surface area contributed by atoms with E-state index in [1.165, 1.54) is 35.9 Å². The maximum Gasteiger partial charge on any atom is 0.343 e. The largest absolute Gasteiger partial charge is 0.490 e. The Labute approximate surface area is 190 Å². The molecule has 0 radical (unpaired) electrons. The number of aromatic nitrogens is 1. The number of hydrogen-bond acceptors (Lipinski definition) is 6. The molecule has 33 heavy (non-hydrogen) atoms. The van der Waals surface area contributed by atoms with Gasteiger partial charge in [0, 0.05) is 56.5 Å². The molecule has 1 saturated heterocycles. The van der Waals surface area contributed by atoms with Gasteiger partial charge in [0.2, 0.25) is 0 Å². The summed E-state index contributed by atoms with van der Waals surface area (Å²) in [5.74, 6) is -1.62. The number of halogens is 2. The summed E-state index contributed by atoms with van der Waals surface area (Å²) in [5.41, 5.74) is 0.411. The van der Waals surface area contributed by atoms with Crippen molar-refractivity contribution < 1.29 is 27.8 Å². The number of hydrogen-bond donors (Lipinski definition) is 0. The number of methoxy groups -OCH3 is 1. The van der Waals surface area contributed by atoms with Crippen molar-refractivity contribution in [2.45, 2.75) is 44.9 Å². The zero-order chi connectivity index (χ0) is 23.4. The summed E-state index contributed by atoms with van der Waals surface area (Å²) in [7, 11) is 1.28. The number of esters is 1. The third-order valence-electron chi connectivity index (χ3n) is 6.22. The molecule has 0 amide bonds. The monoisotopic (exact) mass is 462 g/mol. The molecule has 9 heteroatoms. The predicted octanol–water partition coefficient (Wildman–Crippen LogP) is 2.92. The number of ether oxygens (including phenoxy) is 3. The van der Waals surface area contributed by atoms with Crippen molar-refractivity contribution >= 4 is 5.97 Å². The van der Waals surface area contributed by atoms with Crippen LogP contribution in [-0.2, 0) is 29.0 Å². The molecular weight excluding hydrogens is 434 g/mol. The number of fused-ring (bicyclic) bond motifs is 1. The Morgan fingerprint density at radius 1 is 1.18 bits per heavy atom. The topological polar surface area (TPSA) is 70.0 Å². The molecule has 3 heterocycles. The number of carbonyl (C=O) groups excluding carboxylic acids is 1. The molecule has 4 rings (SSSR count). The van der Waals surface area contributed by atoms with Crippen LogP contribution in [-0.4, -0.2) is 55.0 Å². The van der Waals surface area contributed by atoms with E-state index in [0.717, 1.165) is 19.3 Å². The van der Waals surface area contributed by atoms with E-state index in [4.69, 9.17) is 14.2 Å². The fourth-order valence-electron chi connectivity index (χ4n) is 4.42. The standard InChI is InChI=1S/C24H28F2N2O5/c1-31-24(30)23-20-8-9-27(14-17-18(25)6-4-7-19(17)26)10-11-28(20)22(29)13-21(23)33-15-16-5-2-3-12-32-16/h4,6-7,13,16H,2-3,5,8-12,14-15H2,1H3/t16-/m1/s1. The van der Waals surface area contributed by atoms with Crippen LogP contribution in [0.2, 0.25) is 0 Å².